The second-order valence-corrected chi connectivity index (χ2v) is 9.98. The summed E-state index contributed by atoms with van der Waals surface area (Å²) in [6.07, 6.45) is 6.24. The zero-order valence-electron chi connectivity index (χ0n) is 18.5. The number of carbonyl (C=O) groups is 1. The summed E-state index contributed by atoms with van der Waals surface area (Å²) < 4.78 is 33.1. The van der Waals surface area contributed by atoms with Crippen LogP contribution in [-0.2, 0) is 16.6 Å². The predicted octanol–water partition coefficient (Wildman–Crippen LogP) is 4.16. The minimum atomic E-state index is -3.73. The molecule has 1 aliphatic rings. The topological polar surface area (TPSA) is 88.6 Å². The zero-order chi connectivity index (χ0) is 23.3. The number of sulfonamides is 1. The molecule has 4 rings (SSSR count). The summed E-state index contributed by atoms with van der Waals surface area (Å²) in [6, 6.07) is 18.4. The van der Waals surface area contributed by atoms with E-state index in [0.29, 0.717) is 17.1 Å². The minimum absolute atomic E-state index is 0.116. The fourth-order valence-corrected chi connectivity index (χ4v) is 5.02. The lowest BCUT2D eigenvalue weighted by Gasteiger charge is -2.19. The average molecular weight is 466 g/mol. The van der Waals surface area contributed by atoms with Crippen LogP contribution in [0.25, 0.3) is 0 Å². The molecule has 0 bridgehead atoms. The van der Waals surface area contributed by atoms with Gasteiger partial charge in [0.25, 0.3) is 15.9 Å². The Kier molecular flexibility index (Phi) is 6.93. The van der Waals surface area contributed by atoms with Gasteiger partial charge in [-0.25, -0.2) is 13.4 Å². The standard InChI is InChI=1S/C25H27N3O4S/c1-28(21-9-3-2-4-10-21)33(30,31)23-15-13-19(14-16-23)24(29)27-18-20-8-7-17-26-25(20)32-22-11-5-6-12-22/h2-4,7-10,13-17,22H,5-6,11-12,18H2,1H3,(H,27,29). The van der Waals surface area contributed by atoms with E-state index in [4.69, 9.17) is 4.74 Å². The number of hydrogen-bond acceptors (Lipinski definition) is 5. The van der Waals surface area contributed by atoms with E-state index < -0.39 is 10.0 Å². The Morgan fingerprint density at radius 1 is 1.03 bits per heavy atom. The molecule has 0 unspecified atom stereocenters. The van der Waals surface area contributed by atoms with E-state index in [-0.39, 0.29) is 23.5 Å². The van der Waals surface area contributed by atoms with E-state index in [1.807, 2.05) is 18.2 Å². The fourth-order valence-electron chi connectivity index (χ4n) is 3.82. The van der Waals surface area contributed by atoms with Crippen LogP contribution in [0.4, 0.5) is 5.69 Å². The lowest BCUT2D eigenvalue weighted by atomic mass is 10.2. The molecule has 1 N–H and O–H groups in total. The molecule has 33 heavy (non-hydrogen) atoms. The van der Waals surface area contributed by atoms with Crippen LogP contribution in [0.15, 0.2) is 77.8 Å². The van der Waals surface area contributed by atoms with Gasteiger partial charge in [0.05, 0.1) is 10.6 Å². The first-order valence-electron chi connectivity index (χ1n) is 11.0. The monoisotopic (exact) mass is 465 g/mol. The van der Waals surface area contributed by atoms with Crippen molar-refractivity contribution in [1.82, 2.24) is 10.3 Å². The second-order valence-electron chi connectivity index (χ2n) is 8.01. The summed E-state index contributed by atoms with van der Waals surface area (Å²) in [5, 5.41) is 2.87. The lowest BCUT2D eigenvalue weighted by Crippen LogP contribution is -2.27. The molecule has 0 aliphatic heterocycles. The van der Waals surface area contributed by atoms with Gasteiger partial charge in [-0.2, -0.15) is 0 Å². The van der Waals surface area contributed by atoms with Gasteiger partial charge in [-0.05, 0) is 68.1 Å². The number of para-hydroxylation sites is 1. The van der Waals surface area contributed by atoms with Crippen LogP contribution >= 0.6 is 0 Å². The first-order valence-corrected chi connectivity index (χ1v) is 12.4. The van der Waals surface area contributed by atoms with E-state index in [1.165, 1.54) is 35.6 Å². The number of benzene rings is 2. The van der Waals surface area contributed by atoms with Crippen molar-refractivity contribution in [1.29, 1.82) is 0 Å². The average Bonchev–Trinajstić information content (AvgIpc) is 3.36. The number of nitrogens with zero attached hydrogens (tertiary/aromatic N) is 2. The Bertz CT molecular complexity index is 1190. The normalized spacial score (nSPS) is 14.1. The summed E-state index contributed by atoms with van der Waals surface area (Å²) in [5.41, 5.74) is 1.74. The molecule has 1 saturated carbocycles. The summed E-state index contributed by atoms with van der Waals surface area (Å²) in [4.78, 5) is 17.1. The third-order valence-corrected chi connectivity index (χ3v) is 7.56. The summed E-state index contributed by atoms with van der Waals surface area (Å²) in [7, 11) is -2.23. The highest BCUT2D eigenvalue weighted by atomic mass is 32.2. The summed E-state index contributed by atoms with van der Waals surface area (Å²) in [5.74, 6) is 0.251. The van der Waals surface area contributed by atoms with Crippen LogP contribution < -0.4 is 14.4 Å². The van der Waals surface area contributed by atoms with Crippen LogP contribution in [0.3, 0.4) is 0 Å². The molecule has 0 radical (unpaired) electrons. The molecule has 2 aromatic carbocycles. The van der Waals surface area contributed by atoms with Gasteiger partial charge in [0.2, 0.25) is 5.88 Å². The van der Waals surface area contributed by atoms with Crippen LogP contribution in [0, 0.1) is 0 Å². The maximum Gasteiger partial charge on any atom is 0.264 e. The number of hydrogen-bond donors (Lipinski definition) is 1. The quantitative estimate of drug-likeness (QED) is 0.540. The lowest BCUT2D eigenvalue weighted by molar-refractivity contribution is 0.0950. The van der Waals surface area contributed by atoms with Crippen molar-refractivity contribution < 1.29 is 17.9 Å². The zero-order valence-corrected chi connectivity index (χ0v) is 19.3. The van der Waals surface area contributed by atoms with E-state index in [2.05, 4.69) is 10.3 Å². The highest BCUT2D eigenvalue weighted by Crippen LogP contribution is 2.25. The third-order valence-electron chi connectivity index (χ3n) is 5.76. The number of ether oxygens (including phenoxy) is 1. The number of amides is 1. The van der Waals surface area contributed by atoms with Crippen molar-refractivity contribution >= 4 is 21.6 Å². The number of carbonyl (C=O) groups excluding carboxylic acids is 1. The van der Waals surface area contributed by atoms with Crippen molar-refractivity contribution in [2.24, 2.45) is 0 Å². The van der Waals surface area contributed by atoms with Gasteiger partial charge in [-0.1, -0.05) is 24.3 Å². The molecule has 1 fully saturated rings. The highest BCUT2D eigenvalue weighted by Gasteiger charge is 2.22. The van der Waals surface area contributed by atoms with Gasteiger partial charge in [0.15, 0.2) is 0 Å². The number of nitrogens with one attached hydrogen (secondary N) is 1. The third kappa shape index (κ3) is 5.34. The van der Waals surface area contributed by atoms with Gasteiger partial charge < -0.3 is 10.1 Å². The molecule has 8 heteroatoms. The van der Waals surface area contributed by atoms with Crippen LogP contribution in [0.5, 0.6) is 5.88 Å². The molecule has 0 saturated heterocycles. The second kappa shape index (κ2) is 10.0. The van der Waals surface area contributed by atoms with Crippen molar-refractivity contribution in [2.45, 2.75) is 43.2 Å². The predicted molar refractivity (Wildman–Crippen MR) is 127 cm³/mol. The van der Waals surface area contributed by atoms with Gasteiger partial charge in [0, 0.05) is 30.9 Å². The van der Waals surface area contributed by atoms with Gasteiger partial charge in [0.1, 0.15) is 6.10 Å². The molecule has 3 aromatic rings. The summed E-state index contributed by atoms with van der Waals surface area (Å²) in [6.45, 7) is 0.269. The Morgan fingerprint density at radius 2 is 1.73 bits per heavy atom. The van der Waals surface area contributed by atoms with E-state index in [0.717, 1.165) is 31.2 Å². The van der Waals surface area contributed by atoms with Crippen LogP contribution in [-0.4, -0.2) is 32.5 Å². The number of aromatic nitrogens is 1. The molecular weight excluding hydrogens is 438 g/mol. The number of anilines is 1. The Hall–Kier alpha value is -3.39. The molecule has 172 valence electrons. The highest BCUT2D eigenvalue weighted by molar-refractivity contribution is 7.92. The van der Waals surface area contributed by atoms with Gasteiger partial charge >= 0.3 is 0 Å². The number of rotatable bonds is 8. The van der Waals surface area contributed by atoms with Crippen LogP contribution in [0.2, 0.25) is 0 Å². The maximum atomic E-state index is 12.9. The maximum absolute atomic E-state index is 12.9. The summed E-state index contributed by atoms with van der Waals surface area (Å²) >= 11 is 0. The molecule has 1 heterocycles. The van der Waals surface area contributed by atoms with Crippen LogP contribution in [0.1, 0.15) is 41.6 Å². The smallest absolute Gasteiger partial charge is 0.264 e. The molecule has 1 amide bonds. The van der Waals surface area contributed by atoms with Gasteiger partial charge in [-0.3, -0.25) is 9.10 Å². The molecular formula is C25H27N3O4S. The van der Waals surface area contributed by atoms with Crippen molar-refractivity contribution in [3.05, 3.63) is 84.1 Å². The van der Waals surface area contributed by atoms with Crippen molar-refractivity contribution in [2.75, 3.05) is 11.4 Å². The molecule has 0 spiro atoms. The fraction of sp³-hybridized carbons (Fsp3) is 0.280. The SMILES string of the molecule is CN(c1ccccc1)S(=O)(=O)c1ccc(C(=O)NCc2cccnc2OC2CCCC2)cc1. The molecule has 1 aromatic heterocycles. The molecule has 0 atom stereocenters. The largest absolute Gasteiger partial charge is 0.474 e. The Labute approximate surface area is 194 Å². The van der Waals surface area contributed by atoms with E-state index in [9.17, 15) is 13.2 Å². The van der Waals surface area contributed by atoms with Crippen molar-refractivity contribution in [3.8, 4) is 5.88 Å². The first-order chi connectivity index (χ1) is 15.9. The Balaban J connectivity index is 1.41. The minimum Gasteiger partial charge on any atom is -0.474 e. The Morgan fingerprint density at radius 3 is 2.42 bits per heavy atom. The molecule has 1 aliphatic carbocycles. The number of pyridine rings is 1. The van der Waals surface area contributed by atoms with E-state index in [1.54, 1.807) is 30.5 Å². The van der Waals surface area contributed by atoms with E-state index >= 15 is 0 Å². The molecule has 7 nitrogen and oxygen atoms in total. The van der Waals surface area contributed by atoms with Crippen molar-refractivity contribution in [3.63, 3.8) is 0 Å². The first kappa shape index (κ1) is 22.8. The van der Waals surface area contributed by atoms with Gasteiger partial charge in [-0.15, -0.1) is 0 Å².